The molecule has 0 unspecified atom stereocenters. The van der Waals surface area contributed by atoms with Gasteiger partial charge in [0, 0.05) is 41.8 Å². The lowest BCUT2D eigenvalue weighted by atomic mass is 10.1. The second-order valence-electron chi connectivity index (χ2n) is 7.46. The summed E-state index contributed by atoms with van der Waals surface area (Å²) in [5, 5.41) is 1.15. The van der Waals surface area contributed by atoms with Gasteiger partial charge in [-0.3, -0.25) is 4.90 Å². The van der Waals surface area contributed by atoms with Crippen LogP contribution in [0.15, 0.2) is 36.4 Å². The minimum Gasteiger partial charge on any atom is -0.384 e. The first-order valence-electron chi connectivity index (χ1n) is 9.88. The molecule has 29 heavy (non-hydrogen) atoms. The zero-order chi connectivity index (χ0) is 19.8. The number of morpholine rings is 1. The highest BCUT2D eigenvalue weighted by Crippen LogP contribution is 2.30. The number of aromatic nitrogens is 4. The second kappa shape index (κ2) is 7.35. The lowest BCUT2D eigenvalue weighted by molar-refractivity contribution is 0.0435. The van der Waals surface area contributed by atoms with Gasteiger partial charge in [0.15, 0.2) is 5.65 Å². The third kappa shape index (κ3) is 3.62. The molecule has 1 aromatic carbocycles. The number of hydrogen-bond acceptors (Lipinski definition) is 5. The van der Waals surface area contributed by atoms with Crippen molar-refractivity contribution in [1.82, 2.24) is 24.8 Å². The summed E-state index contributed by atoms with van der Waals surface area (Å²) in [6, 6.07) is 10.5. The summed E-state index contributed by atoms with van der Waals surface area (Å²) in [7, 11) is 0. The fraction of sp³-hybridized carbons (Fsp3) is 0.273. The fourth-order valence-electron chi connectivity index (χ4n) is 3.85. The molecule has 4 aromatic rings. The molecule has 1 aliphatic heterocycles. The van der Waals surface area contributed by atoms with Crippen LogP contribution in [0.3, 0.4) is 0 Å². The molecule has 0 spiro atoms. The quantitative estimate of drug-likeness (QED) is 0.498. The highest BCUT2D eigenvalue weighted by molar-refractivity contribution is 5.95. The molecule has 0 amide bonds. The Bertz CT molecular complexity index is 1200. The van der Waals surface area contributed by atoms with Gasteiger partial charge in [-0.25, -0.2) is 9.97 Å². The molecular weight excluding hydrogens is 364 g/mol. The molecule has 0 saturated carbocycles. The Morgan fingerprint density at radius 1 is 1.14 bits per heavy atom. The molecule has 7 heteroatoms. The highest BCUT2D eigenvalue weighted by Gasteiger charge is 2.13. The summed E-state index contributed by atoms with van der Waals surface area (Å²) >= 11 is 0. The molecule has 0 bridgehead atoms. The summed E-state index contributed by atoms with van der Waals surface area (Å²) in [5.41, 5.74) is 11.8. The lowest BCUT2D eigenvalue weighted by Crippen LogP contribution is -2.36. The standard InChI is InChI=1S/C22H24N6O/c1-14-24-21-17(13-20(23)27-22(21)25-14)19-12-16-5-4-15(11-18(16)26-19)3-2-6-28-7-9-29-10-8-28/h2-5,11-13,26H,6-10H2,1H3,(H3,23,24,25,27)/b3-2+. The topological polar surface area (TPSA) is 95.8 Å². The first kappa shape index (κ1) is 17.9. The second-order valence-corrected chi connectivity index (χ2v) is 7.46. The minimum absolute atomic E-state index is 0.474. The van der Waals surface area contributed by atoms with Crippen LogP contribution >= 0.6 is 0 Å². The number of hydrogen-bond donors (Lipinski definition) is 3. The number of rotatable bonds is 4. The van der Waals surface area contributed by atoms with Crippen LogP contribution in [0.1, 0.15) is 11.4 Å². The Morgan fingerprint density at radius 2 is 2.00 bits per heavy atom. The van der Waals surface area contributed by atoms with Crippen molar-refractivity contribution in [1.29, 1.82) is 0 Å². The molecule has 4 heterocycles. The van der Waals surface area contributed by atoms with Gasteiger partial charge in [-0.2, -0.15) is 0 Å². The van der Waals surface area contributed by atoms with E-state index in [0.29, 0.717) is 11.5 Å². The first-order chi connectivity index (χ1) is 14.2. The van der Waals surface area contributed by atoms with Gasteiger partial charge in [-0.05, 0) is 30.7 Å². The van der Waals surface area contributed by atoms with Crippen LogP contribution in [-0.2, 0) is 4.74 Å². The summed E-state index contributed by atoms with van der Waals surface area (Å²) in [6.45, 7) is 6.52. The molecule has 0 aliphatic carbocycles. The number of imidazole rings is 1. The van der Waals surface area contributed by atoms with Crippen molar-refractivity contribution in [2.24, 2.45) is 0 Å². The summed E-state index contributed by atoms with van der Waals surface area (Å²) in [4.78, 5) is 18.0. The molecule has 1 fully saturated rings. The molecule has 3 aromatic heterocycles. The minimum atomic E-state index is 0.474. The number of nitrogens with one attached hydrogen (secondary N) is 2. The Morgan fingerprint density at radius 3 is 2.86 bits per heavy atom. The number of anilines is 1. The van der Waals surface area contributed by atoms with Gasteiger partial charge >= 0.3 is 0 Å². The van der Waals surface area contributed by atoms with E-state index in [2.05, 4.69) is 61.3 Å². The van der Waals surface area contributed by atoms with Crippen molar-refractivity contribution in [3.8, 4) is 11.3 Å². The Kier molecular flexibility index (Phi) is 4.54. The van der Waals surface area contributed by atoms with Crippen LogP contribution in [0.4, 0.5) is 5.82 Å². The summed E-state index contributed by atoms with van der Waals surface area (Å²) < 4.78 is 5.40. The largest absolute Gasteiger partial charge is 0.384 e. The number of nitrogens with two attached hydrogens (primary N) is 1. The molecule has 1 saturated heterocycles. The van der Waals surface area contributed by atoms with Crippen molar-refractivity contribution in [2.45, 2.75) is 6.92 Å². The number of ether oxygens (including phenoxy) is 1. The molecule has 1 aliphatic rings. The van der Waals surface area contributed by atoms with E-state index in [1.165, 1.54) is 5.56 Å². The number of nitrogen functional groups attached to an aromatic ring is 1. The van der Waals surface area contributed by atoms with E-state index in [4.69, 9.17) is 10.5 Å². The average Bonchev–Trinajstić information content (AvgIpc) is 3.30. The number of benzene rings is 1. The zero-order valence-electron chi connectivity index (χ0n) is 16.4. The van der Waals surface area contributed by atoms with E-state index in [1.807, 2.05) is 13.0 Å². The van der Waals surface area contributed by atoms with Gasteiger partial charge in [0.1, 0.15) is 17.2 Å². The third-order valence-electron chi connectivity index (χ3n) is 5.31. The number of fused-ring (bicyclic) bond motifs is 2. The van der Waals surface area contributed by atoms with E-state index >= 15 is 0 Å². The van der Waals surface area contributed by atoms with Gasteiger partial charge in [0.05, 0.1) is 13.2 Å². The predicted octanol–water partition coefficient (Wildman–Crippen LogP) is 3.34. The molecule has 4 N–H and O–H groups in total. The fourth-order valence-corrected chi connectivity index (χ4v) is 3.85. The number of aromatic amines is 2. The maximum atomic E-state index is 6.01. The molecular formula is C22H24N6O. The van der Waals surface area contributed by atoms with Crippen molar-refractivity contribution in [2.75, 3.05) is 38.6 Å². The van der Waals surface area contributed by atoms with Crippen LogP contribution in [-0.4, -0.2) is 57.7 Å². The van der Waals surface area contributed by atoms with Crippen molar-refractivity contribution < 1.29 is 4.74 Å². The Hall–Kier alpha value is -3.16. The number of nitrogens with zero attached hydrogens (tertiary/aromatic N) is 3. The SMILES string of the molecule is Cc1nc2c(-c3cc4ccc(/C=C/CN5CCOCC5)cc4[nH]3)cc(N)nc2[nH]1. The smallest absolute Gasteiger partial charge is 0.160 e. The monoisotopic (exact) mass is 388 g/mol. The van der Waals surface area contributed by atoms with Crippen LogP contribution in [0.2, 0.25) is 0 Å². The van der Waals surface area contributed by atoms with Crippen molar-refractivity contribution >= 4 is 34.0 Å². The van der Waals surface area contributed by atoms with Crippen LogP contribution < -0.4 is 5.73 Å². The molecule has 7 nitrogen and oxygen atoms in total. The molecule has 5 rings (SSSR count). The van der Waals surface area contributed by atoms with Gasteiger partial charge in [0.25, 0.3) is 0 Å². The van der Waals surface area contributed by atoms with E-state index in [0.717, 1.165) is 66.3 Å². The van der Waals surface area contributed by atoms with Gasteiger partial charge in [-0.15, -0.1) is 0 Å². The Labute approximate surface area is 168 Å². The maximum Gasteiger partial charge on any atom is 0.160 e. The first-order valence-corrected chi connectivity index (χ1v) is 9.88. The molecule has 0 atom stereocenters. The predicted molar refractivity (Wildman–Crippen MR) is 117 cm³/mol. The number of aryl methyl sites for hydroxylation is 1. The van der Waals surface area contributed by atoms with Gasteiger partial charge in [0.2, 0.25) is 0 Å². The van der Waals surface area contributed by atoms with Gasteiger partial charge in [-0.1, -0.05) is 24.3 Å². The van der Waals surface area contributed by atoms with Crippen LogP contribution in [0, 0.1) is 6.92 Å². The molecule has 0 radical (unpaired) electrons. The highest BCUT2D eigenvalue weighted by atomic mass is 16.5. The number of pyridine rings is 1. The van der Waals surface area contributed by atoms with E-state index in [9.17, 15) is 0 Å². The van der Waals surface area contributed by atoms with Crippen LogP contribution in [0.25, 0.3) is 39.4 Å². The average molecular weight is 388 g/mol. The lowest BCUT2D eigenvalue weighted by Gasteiger charge is -2.25. The summed E-state index contributed by atoms with van der Waals surface area (Å²) in [5.74, 6) is 1.30. The van der Waals surface area contributed by atoms with E-state index < -0.39 is 0 Å². The van der Waals surface area contributed by atoms with Crippen molar-refractivity contribution in [3.05, 3.63) is 47.8 Å². The zero-order valence-corrected chi connectivity index (χ0v) is 16.4. The normalized spacial score (nSPS) is 15.8. The van der Waals surface area contributed by atoms with Crippen molar-refractivity contribution in [3.63, 3.8) is 0 Å². The summed E-state index contributed by atoms with van der Waals surface area (Å²) in [6.07, 6.45) is 4.39. The van der Waals surface area contributed by atoms with Crippen LogP contribution in [0.5, 0.6) is 0 Å². The van der Waals surface area contributed by atoms with E-state index in [-0.39, 0.29) is 0 Å². The number of H-pyrrole nitrogens is 2. The van der Waals surface area contributed by atoms with E-state index in [1.54, 1.807) is 0 Å². The maximum absolute atomic E-state index is 6.01. The third-order valence-corrected chi connectivity index (χ3v) is 5.31. The Balaban J connectivity index is 1.44. The molecule has 148 valence electrons. The van der Waals surface area contributed by atoms with Gasteiger partial charge < -0.3 is 20.4 Å².